The van der Waals surface area contributed by atoms with E-state index in [-0.39, 0.29) is 17.6 Å². The first-order chi connectivity index (χ1) is 20.6. The van der Waals surface area contributed by atoms with E-state index in [2.05, 4.69) is 20.2 Å². The number of nitrogens with two attached hydrogens (primary N) is 2. The lowest BCUT2D eigenvalue weighted by atomic mass is 10.1. The van der Waals surface area contributed by atoms with Crippen molar-refractivity contribution in [3.63, 3.8) is 0 Å². The molecule has 15 heteroatoms. The highest BCUT2D eigenvalue weighted by atomic mass is 16.9. The number of aromatic nitrogens is 6. The molecule has 15 nitrogen and oxygen atoms in total. The molecule has 0 bridgehead atoms. The number of ether oxygens (including phenoxy) is 5. The molecule has 5 heterocycles. The lowest BCUT2D eigenvalue weighted by Gasteiger charge is -2.27. The van der Waals surface area contributed by atoms with Gasteiger partial charge < -0.3 is 40.1 Å². The zero-order valence-corrected chi connectivity index (χ0v) is 25.8. The van der Waals surface area contributed by atoms with Crippen LogP contribution in [0.5, 0.6) is 0 Å². The number of carbonyl (C=O) groups is 1. The smallest absolute Gasteiger partial charge is 0.279 e. The minimum Gasteiger partial charge on any atom is -0.383 e. The van der Waals surface area contributed by atoms with Gasteiger partial charge in [-0.2, -0.15) is 10.2 Å². The van der Waals surface area contributed by atoms with Crippen LogP contribution in [-0.2, 0) is 23.7 Å². The van der Waals surface area contributed by atoms with Crippen LogP contribution in [0.2, 0.25) is 0 Å². The average Bonchev–Trinajstić information content (AvgIpc) is 3.59. The van der Waals surface area contributed by atoms with Crippen LogP contribution in [0, 0.1) is 6.92 Å². The molecule has 2 aliphatic rings. The van der Waals surface area contributed by atoms with Gasteiger partial charge in [0, 0.05) is 53.2 Å². The molecule has 1 amide bonds. The molecule has 43 heavy (non-hydrogen) atoms. The highest BCUT2D eigenvalue weighted by molar-refractivity contribution is 5.96. The van der Waals surface area contributed by atoms with E-state index in [1.807, 2.05) is 25.5 Å². The molecule has 3 aromatic heterocycles. The number of rotatable bonds is 9. The number of hydrogen-bond donors (Lipinski definition) is 3. The zero-order chi connectivity index (χ0) is 31.4. The molecular weight excluding hydrogens is 560 g/mol. The molecule has 0 spiro atoms. The van der Waals surface area contributed by atoms with Crippen molar-refractivity contribution in [3.8, 4) is 0 Å². The number of anilines is 1. The van der Waals surface area contributed by atoms with Gasteiger partial charge in [0.1, 0.15) is 22.6 Å². The summed E-state index contributed by atoms with van der Waals surface area (Å²) in [6.45, 7) is 14.0. The summed E-state index contributed by atoms with van der Waals surface area (Å²) in [5.74, 6) is -0.408. The second-order valence-corrected chi connectivity index (χ2v) is 10.1. The fourth-order valence-electron chi connectivity index (χ4n) is 4.94. The Morgan fingerprint density at radius 3 is 1.91 bits per heavy atom. The summed E-state index contributed by atoms with van der Waals surface area (Å²) in [5.41, 5.74) is 11.8. The third-order valence-corrected chi connectivity index (χ3v) is 6.97. The number of nitrogens with one attached hydrogen (secondary N) is 1. The summed E-state index contributed by atoms with van der Waals surface area (Å²) in [5, 5.41) is 8.95. The van der Waals surface area contributed by atoms with Crippen molar-refractivity contribution in [1.82, 2.24) is 29.5 Å². The van der Waals surface area contributed by atoms with E-state index in [1.165, 1.54) is 6.20 Å². The summed E-state index contributed by atoms with van der Waals surface area (Å²) >= 11 is 0. The first kappa shape index (κ1) is 34.1. The van der Waals surface area contributed by atoms with Crippen LogP contribution in [0.3, 0.4) is 0 Å². The van der Waals surface area contributed by atoms with E-state index in [1.54, 1.807) is 24.7 Å². The van der Waals surface area contributed by atoms with Crippen molar-refractivity contribution >= 4 is 22.8 Å². The predicted octanol–water partition coefficient (Wildman–Crippen LogP) is 2.46. The highest BCUT2D eigenvalue weighted by Gasteiger charge is 2.25. The molecule has 2 fully saturated rings. The first-order valence-electron chi connectivity index (χ1n) is 14.8. The van der Waals surface area contributed by atoms with Crippen LogP contribution >= 0.6 is 0 Å². The topological polar surface area (TPSA) is 197 Å². The van der Waals surface area contributed by atoms with Gasteiger partial charge in [0.15, 0.2) is 5.65 Å². The molecule has 240 valence electrons. The second-order valence-electron chi connectivity index (χ2n) is 10.1. The molecular formula is C28H46N8O7. The van der Waals surface area contributed by atoms with Crippen LogP contribution in [0.1, 0.15) is 81.6 Å². The maximum Gasteiger partial charge on any atom is 0.279 e. The van der Waals surface area contributed by atoms with E-state index in [9.17, 15) is 9.59 Å². The fraction of sp³-hybridized carbons (Fsp3) is 0.679. The van der Waals surface area contributed by atoms with Crippen molar-refractivity contribution in [2.24, 2.45) is 5.73 Å². The fourth-order valence-corrected chi connectivity index (χ4v) is 4.94. The van der Waals surface area contributed by atoms with Crippen molar-refractivity contribution in [2.75, 3.05) is 52.0 Å². The van der Waals surface area contributed by atoms with Gasteiger partial charge in [-0.05, 0) is 53.4 Å². The number of nitrogen functional groups attached to an aromatic ring is 1. The average molecular weight is 607 g/mol. The van der Waals surface area contributed by atoms with Gasteiger partial charge in [-0.3, -0.25) is 9.59 Å². The lowest BCUT2D eigenvalue weighted by molar-refractivity contribution is -0.365. The van der Waals surface area contributed by atoms with Gasteiger partial charge in [-0.25, -0.2) is 14.3 Å². The Hall–Kier alpha value is -3.37. The number of hydrogen-bond acceptors (Lipinski definition) is 11. The summed E-state index contributed by atoms with van der Waals surface area (Å²) in [7, 11) is 0. The molecule has 0 aliphatic carbocycles. The van der Waals surface area contributed by atoms with E-state index in [0.717, 1.165) is 38.9 Å². The number of carbonyl (C=O) groups excluding carboxylic acids is 1. The van der Waals surface area contributed by atoms with Crippen LogP contribution in [0.4, 0.5) is 5.82 Å². The molecule has 3 aromatic rings. The lowest BCUT2D eigenvalue weighted by Crippen LogP contribution is -2.35. The Morgan fingerprint density at radius 2 is 1.44 bits per heavy atom. The third kappa shape index (κ3) is 9.31. The number of aromatic amines is 1. The molecule has 5 N–H and O–H groups in total. The van der Waals surface area contributed by atoms with Crippen LogP contribution in [0.15, 0.2) is 17.2 Å². The molecule has 0 atom stereocenters. The van der Waals surface area contributed by atoms with Crippen molar-refractivity contribution in [2.45, 2.75) is 78.4 Å². The minimum absolute atomic E-state index is 0.120. The molecule has 0 saturated carbocycles. The van der Waals surface area contributed by atoms with Crippen LogP contribution in [-0.4, -0.2) is 87.7 Å². The predicted molar refractivity (Wildman–Crippen MR) is 160 cm³/mol. The molecule has 5 rings (SSSR count). The summed E-state index contributed by atoms with van der Waals surface area (Å²) in [6.07, 6.45) is 6.59. The number of primary amides is 1. The van der Waals surface area contributed by atoms with Crippen LogP contribution in [0.25, 0.3) is 11.0 Å². The summed E-state index contributed by atoms with van der Waals surface area (Å²) < 4.78 is 29.9. The van der Waals surface area contributed by atoms with E-state index in [4.69, 9.17) is 35.2 Å². The molecule has 2 saturated heterocycles. The van der Waals surface area contributed by atoms with Gasteiger partial charge >= 0.3 is 0 Å². The number of H-pyrrole nitrogens is 1. The summed E-state index contributed by atoms with van der Waals surface area (Å²) in [6, 6.07) is 0.502. The van der Waals surface area contributed by atoms with E-state index < -0.39 is 11.9 Å². The number of nitrogens with zero attached hydrogens (tertiary/aromatic N) is 5. The largest absolute Gasteiger partial charge is 0.383 e. The number of aryl methyl sites for hydroxylation is 1. The van der Waals surface area contributed by atoms with Gasteiger partial charge in [-0.1, -0.05) is 0 Å². The molecule has 2 aliphatic heterocycles. The quantitative estimate of drug-likeness (QED) is 0.303. The number of fused-ring (bicyclic) bond motifs is 1. The Kier molecular flexibility index (Phi) is 13.1. The first-order valence-corrected chi connectivity index (χ1v) is 14.8. The second kappa shape index (κ2) is 16.5. The maximum atomic E-state index is 11.7. The SMILES string of the molecule is CCOC(C)(OCC)OCC.Cc1nc2c(cnn2C2CCOCC2)c(=O)[nH]1.NC(=O)c1cnn(C2CCOCC2)c1N. The van der Waals surface area contributed by atoms with Crippen molar-refractivity contribution in [1.29, 1.82) is 0 Å². The van der Waals surface area contributed by atoms with Gasteiger partial charge in [-0.15, -0.1) is 0 Å². The van der Waals surface area contributed by atoms with E-state index in [0.29, 0.717) is 61.3 Å². The van der Waals surface area contributed by atoms with Crippen molar-refractivity contribution in [3.05, 3.63) is 34.1 Å². The Balaban J connectivity index is 0.000000182. The number of amides is 1. The monoisotopic (exact) mass is 606 g/mol. The van der Waals surface area contributed by atoms with E-state index >= 15 is 0 Å². The zero-order valence-electron chi connectivity index (χ0n) is 25.8. The standard InChI is InChI=1S/C11H14N4O2.C9H14N4O2.C8H18O3/c1-7-13-10-9(11(16)14-7)6-12-15(10)8-2-4-17-5-3-8;10-8-7(9(11)14)5-12-13(8)6-1-3-15-4-2-6;1-5-9-8(4,10-6-2)11-7-3/h6,8H,2-5H2,1H3,(H,13,14,16);5-6H,1-4,10H2,(H2,11,14);5-7H2,1-4H3. The third-order valence-electron chi connectivity index (χ3n) is 6.97. The van der Waals surface area contributed by atoms with Gasteiger partial charge in [0.05, 0.1) is 24.5 Å². The van der Waals surface area contributed by atoms with Gasteiger partial charge in [0.25, 0.3) is 17.4 Å². The highest BCUT2D eigenvalue weighted by Crippen LogP contribution is 2.25. The Bertz CT molecular complexity index is 1330. The Labute approximate surface area is 251 Å². The molecule has 0 aromatic carbocycles. The maximum absolute atomic E-state index is 11.7. The van der Waals surface area contributed by atoms with Crippen LogP contribution < -0.4 is 17.0 Å². The molecule has 0 unspecified atom stereocenters. The normalized spacial score (nSPS) is 16.3. The van der Waals surface area contributed by atoms with Crippen molar-refractivity contribution < 1.29 is 28.5 Å². The molecule has 0 radical (unpaired) electrons. The Morgan fingerprint density at radius 1 is 0.953 bits per heavy atom. The minimum atomic E-state index is -0.849. The van der Waals surface area contributed by atoms with Gasteiger partial charge in [0.2, 0.25) is 0 Å². The summed E-state index contributed by atoms with van der Waals surface area (Å²) in [4.78, 5) is 29.8.